The summed E-state index contributed by atoms with van der Waals surface area (Å²) in [7, 11) is 2.80. The molecule has 0 bridgehead atoms. The number of aryl methyl sites for hydroxylation is 1. The van der Waals surface area contributed by atoms with E-state index in [0.29, 0.717) is 0 Å². The molecule has 1 saturated carbocycles. The number of benzene rings is 2. The van der Waals surface area contributed by atoms with Crippen molar-refractivity contribution in [3.05, 3.63) is 75.6 Å². The minimum absolute atomic E-state index is 0. The summed E-state index contributed by atoms with van der Waals surface area (Å²) in [6, 6.07) is 9.06. The number of nitrogens with two attached hydrogens (primary N) is 1. The number of Topliss-reactive ketones (excluding diaryl/α,β-unsaturated/α-hetero) is 2. The normalized spacial score (nSPS) is 29.1. The first-order chi connectivity index (χ1) is 23.1. The van der Waals surface area contributed by atoms with E-state index in [1.165, 1.54) is 86.6 Å². The topological polar surface area (TPSA) is 238 Å². The lowest BCUT2D eigenvalue weighted by Crippen LogP contribution is -2.71. The summed E-state index contributed by atoms with van der Waals surface area (Å²) < 4.78 is 0. The first-order valence-electron chi connectivity index (χ1n) is 16.2. The number of nitrogens with zero attached hydrogens (tertiary/aromatic N) is 2. The van der Waals surface area contributed by atoms with E-state index < -0.39 is 81.1 Å². The minimum atomic E-state index is -3.02. The van der Waals surface area contributed by atoms with Crippen LogP contribution in [0.1, 0.15) is 42.0 Å². The van der Waals surface area contributed by atoms with Crippen LogP contribution >= 0.6 is 24.8 Å². The number of aliphatic imine (C=N–C) groups is 1. The molecule has 10 N–H and O–H groups in total. The molecule has 1 amide bonds. The third kappa shape index (κ3) is 6.13. The number of aliphatic hydroxyl groups excluding tert-OH is 3. The van der Waals surface area contributed by atoms with Gasteiger partial charge in [0.2, 0.25) is 5.78 Å². The quantitative estimate of drug-likeness (QED) is 0.203. The fourth-order valence-electron chi connectivity index (χ4n) is 8.10. The lowest BCUT2D eigenvalue weighted by molar-refractivity contribution is -0.181. The predicted molar refractivity (Wildman–Crippen MR) is 193 cm³/mol. The van der Waals surface area contributed by atoms with Crippen molar-refractivity contribution >= 4 is 59.7 Å². The molecule has 0 saturated heterocycles. The van der Waals surface area contributed by atoms with E-state index in [1.807, 2.05) is 0 Å². The van der Waals surface area contributed by atoms with Gasteiger partial charge in [-0.15, -0.1) is 24.8 Å². The Kier molecular flexibility index (Phi) is 11.2. The molecule has 1 heterocycles. The largest absolute Gasteiger partial charge is 0.508 e. The van der Waals surface area contributed by atoms with Gasteiger partial charge in [-0.1, -0.05) is 24.3 Å². The van der Waals surface area contributed by atoms with Gasteiger partial charge in [-0.3, -0.25) is 24.3 Å². The van der Waals surface area contributed by atoms with Crippen LogP contribution in [0.4, 0.5) is 5.69 Å². The number of hydrogen-bond acceptors (Lipinski definition) is 13. The van der Waals surface area contributed by atoms with Crippen LogP contribution in [0.15, 0.2) is 58.3 Å². The molecule has 51 heavy (non-hydrogen) atoms. The maximum absolute atomic E-state index is 13.7. The van der Waals surface area contributed by atoms with Gasteiger partial charge in [-0.2, -0.15) is 0 Å². The summed E-state index contributed by atoms with van der Waals surface area (Å²) in [5.74, 6) is -8.74. The van der Waals surface area contributed by atoms with Gasteiger partial charge >= 0.3 is 0 Å². The second kappa shape index (κ2) is 14.4. The molecule has 1 aliphatic heterocycles. The molecule has 14 nitrogen and oxygen atoms in total. The monoisotopic (exact) mass is 747 g/mol. The van der Waals surface area contributed by atoms with Crippen molar-refractivity contribution in [2.24, 2.45) is 22.6 Å². The minimum Gasteiger partial charge on any atom is -0.508 e. The Morgan fingerprint density at radius 1 is 1.04 bits per heavy atom. The van der Waals surface area contributed by atoms with Crippen molar-refractivity contribution in [3.8, 4) is 5.75 Å². The zero-order valence-electron chi connectivity index (χ0n) is 28.2. The van der Waals surface area contributed by atoms with Crippen molar-refractivity contribution in [2.75, 3.05) is 32.5 Å². The molecule has 0 unspecified atom stereocenters. The number of amides is 1. The number of aliphatic hydroxyl groups is 5. The zero-order valence-corrected chi connectivity index (χ0v) is 29.8. The summed E-state index contributed by atoms with van der Waals surface area (Å²) in [6.45, 7) is 3.10. The molecule has 1 fully saturated rings. The molecule has 16 heteroatoms. The van der Waals surface area contributed by atoms with Crippen molar-refractivity contribution < 1.29 is 45.0 Å². The van der Waals surface area contributed by atoms with Crippen LogP contribution in [0, 0.1) is 11.8 Å². The number of likely N-dealkylation sites (N-methyl/N-ethyl adjacent to an activating group) is 1. The van der Waals surface area contributed by atoms with Crippen LogP contribution < -0.4 is 16.4 Å². The van der Waals surface area contributed by atoms with Gasteiger partial charge < -0.3 is 47.0 Å². The van der Waals surface area contributed by atoms with Crippen molar-refractivity contribution in [1.29, 1.82) is 0 Å². The number of hydrogen-bond donors (Lipinski definition) is 9. The lowest BCUT2D eigenvalue weighted by atomic mass is 9.53. The third-order valence-corrected chi connectivity index (χ3v) is 10.4. The molecule has 4 aliphatic carbocycles. The number of phenols is 1. The van der Waals surface area contributed by atoms with E-state index in [1.54, 1.807) is 0 Å². The fraction of sp³-hybridized carbons (Fsp3) is 0.429. The SMILES string of the molecule is CN(C)[C@@H]1C(=O)C(C(N)=O)=C(O)[C@@]2(O)C(=O)C3=C(O)c4c(O)cccc4[C@](C)(O)[C@H]3[C@H](O)[C@@H]12.Cl.Cl.c1cc2c(c(NC3=NCCN3)c1)CCCC2. The number of anilines is 1. The second-order valence-corrected chi connectivity index (χ2v) is 13.5. The summed E-state index contributed by atoms with van der Waals surface area (Å²) in [5, 5.41) is 73.0. The Bertz CT molecular complexity index is 1860. The van der Waals surface area contributed by atoms with Gasteiger partial charge in [0.05, 0.1) is 47.3 Å². The van der Waals surface area contributed by atoms with E-state index in [2.05, 4.69) is 33.8 Å². The van der Waals surface area contributed by atoms with Crippen LogP contribution in [0.5, 0.6) is 5.75 Å². The molecule has 0 spiro atoms. The predicted octanol–water partition coefficient (Wildman–Crippen LogP) is 1.38. The van der Waals surface area contributed by atoms with E-state index in [4.69, 9.17) is 5.73 Å². The number of carbonyl (C=O) groups is 3. The highest BCUT2D eigenvalue weighted by Crippen LogP contribution is 2.57. The average molecular weight is 749 g/mol. The van der Waals surface area contributed by atoms with Crippen LogP contribution in [0.3, 0.4) is 0 Å². The molecule has 0 aromatic heterocycles. The molecule has 2 aromatic carbocycles. The summed E-state index contributed by atoms with van der Waals surface area (Å²) >= 11 is 0. The summed E-state index contributed by atoms with van der Waals surface area (Å²) in [5.41, 5.74) is 2.47. The second-order valence-electron chi connectivity index (χ2n) is 13.5. The zero-order chi connectivity index (χ0) is 35.6. The number of nitrogens with one attached hydrogen (secondary N) is 2. The third-order valence-electron chi connectivity index (χ3n) is 10.4. The van der Waals surface area contributed by atoms with Crippen LogP contribution in [0.2, 0.25) is 0 Å². The molecule has 6 atom stereocenters. The highest BCUT2D eigenvalue weighted by atomic mass is 35.5. The molecular weight excluding hydrogens is 705 g/mol. The first kappa shape index (κ1) is 39.6. The van der Waals surface area contributed by atoms with Gasteiger partial charge in [0.25, 0.3) is 5.91 Å². The number of guanidine groups is 1. The molecule has 5 aliphatic rings. The van der Waals surface area contributed by atoms with E-state index in [9.17, 15) is 45.0 Å². The molecular formula is C35H43Cl2N5O9. The Morgan fingerprint density at radius 2 is 1.71 bits per heavy atom. The first-order valence-corrected chi connectivity index (χ1v) is 16.2. The molecule has 2 aromatic rings. The number of phenolic OH excluding ortho intramolecular Hbond substituents is 1. The van der Waals surface area contributed by atoms with Gasteiger partial charge in [-0.25, -0.2) is 0 Å². The number of fused-ring (bicyclic) bond motifs is 4. The van der Waals surface area contributed by atoms with Gasteiger partial charge in [0.1, 0.15) is 22.8 Å². The van der Waals surface area contributed by atoms with E-state index in [-0.39, 0.29) is 35.9 Å². The van der Waals surface area contributed by atoms with E-state index in [0.717, 1.165) is 19.0 Å². The smallest absolute Gasteiger partial charge is 0.255 e. The number of ketones is 2. The summed E-state index contributed by atoms with van der Waals surface area (Å²) in [6.07, 6.45) is 3.20. The van der Waals surface area contributed by atoms with Crippen LogP contribution in [-0.4, -0.2) is 104 Å². The lowest BCUT2D eigenvalue weighted by Gasteiger charge is -2.55. The Hall–Kier alpha value is -4.18. The van der Waals surface area contributed by atoms with Gasteiger partial charge in [0.15, 0.2) is 17.3 Å². The molecule has 0 radical (unpaired) electrons. The number of aromatic hydroxyl groups is 1. The van der Waals surface area contributed by atoms with Crippen molar-refractivity contribution in [3.63, 3.8) is 0 Å². The van der Waals surface area contributed by atoms with E-state index >= 15 is 0 Å². The number of halogens is 2. The van der Waals surface area contributed by atoms with Gasteiger partial charge in [-0.05, 0) is 75.5 Å². The Morgan fingerprint density at radius 3 is 2.33 bits per heavy atom. The Labute approximate surface area is 306 Å². The maximum Gasteiger partial charge on any atom is 0.255 e. The van der Waals surface area contributed by atoms with Crippen molar-refractivity contribution in [2.45, 2.75) is 56.0 Å². The Balaban J connectivity index is 0.000000272. The van der Waals surface area contributed by atoms with Crippen LogP contribution in [-0.2, 0) is 32.8 Å². The standard InChI is InChI=1S/C22H24N2O9.C13H17N3.2ClH/c1-21(32)7-5-4-6-8(25)9(7)15(26)10-12(21)17(28)13-14(24(2)3)16(27)11(20(23)31)19(30)22(13,33)18(10)29;1-2-6-11-10(4-1)5-3-7-12(11)16-13-14-8-9-15-13;;/h4-6,12-14,17,25-26,28,30,32-33H,1-3H3,(H2,23,31);3,5,7H,1-2,4,6,8-9H2,(H2,14,15,16);2*1H/t12-,13-,14+,17+,21+,22+;;;/m1.../s1. The van der Waals surface area contributed by atoms with Gasteiger partial charge in [0, 0.05) is 12.2 Å². The maximum atomic E-state index is 13.7. The number of primary amides is 1. The fourth-order valence-corrected chi connectivity index (χ4v) is 8.10. The average Bonchev–Trinajstić information content (AvgIpc) is 3.56. The number of carbonyl (C=O) groups excluding carboxylic acids is 3. The number of rotatable bonds is 3. The summed E-state index contributed by atoms with van der Waals surface area (Å²) in [4.78, 5) is 44.3. The van der Waals surface area contributed by atoms with Crippen LogP contribution in [0.25, 0.3) is 5.76 Å². The molecule has 7 rings (SSSR count). The highest BCUT2D eigenvalue weighted by Gasteiger charge is 2.70. The van der Waals surface area contributed by atoms with Crippen molar-refractivity contribution in [1.82, 2.24) is 10.2 Å². The highest BCUT2D eigenvalue weighted by molar-refractivity contribution is 6.24. The molecule has 276 valence electrons.